The largest absolute Gasteiger partial charge is 0.348 e. The van der Waals surface area contributed by atoms with Gasteiger partial charge in [-0.05, 0) is 42.9 Å². The molecule has 0 aliphatic carbocycles. The number of rotatable bonds is 22. The Morgan fingerprint density at radius 1 is 0.682 bits per heavy atom. The van der Waals surface area contributed by atoms with Gasteiger partial charge in [0.05, 0.1) is 6.08 Å². The van der Waals surface area contributed by atoms with Crippen LogP contribution in [-0.2, 0) is 26.8 Å². The molecule has 0 atom stereocenters. The smallest absolute Gasteiger partial charge is 0.301 e. The van der Waals surface area contributed by atoms with Gasteiger partial charge in [-0.1, -0.05) is 183 Å². The topological polar surface area (TPSA) is 36.4 Å². The fraction of sp³-hybridized carbons (Fsp3) is 0.561. The minimum Gasteiger partial charge on any atom is -0.348 e. The van der Waals surface area contributed by atoms with Crippen molar-refractivity contribution in [1.29, 1.82) is 0 Å². The minimum atomic E-state index is 0. The van der Waals surface area contributed by atoms with Gasteiger partial charge in [-0.15, -0.1) is 4.79 Å². The maximum Gasteiger partial charge on any atom is 0.301 e. The molecular weight excluding hydrogens is 627 g/mol. The molecule has 2 aromatic carbocycles. The Labute approximate surface area is 284 Å². The molecule has 0 amide bonds. The van der Waals surface area contributed by atoms with E-state index in [1.165, 1.54) is 120 Å². The van der Waals surface area contributed by atoms with Gasteiger partial charge in [-0.2, -0.15) is 0 Å². The summed E-state index contributed by atoms with van der Waals surface area (Å²) in [7, 11) is 0. The quantitative estimate of drug-likeness (QED) is 0.0225. The molecule has 242 valence electrons. The van der Waals surface area contributed by atoms with Crippen LogP contribution >= 0.6 is 0 Å². The maximum atomic E-state index is 9.14. The predicted molar refractivity (Wildman–Crippen MR) is 187 cm³/mol. The van der Waals surface area contributed by atoms with Crippen LogP contribution < -0.4 is 0 Å². The van der Waals surface area contributed by atoms with E-state index in [0.717, 1.165) is 41.5 Å². The van der Waals surface area contributed by atoms with E-state index in [1.54, 1.807) is 6.08 Å². The molecule has 0 saturated heterocycles. The molecule has 44 heavy (non-hydrogen) atoms. The van der Waals surface area contributed by atoms with Crippen molar-refractivity contribution in [3.05, 3.63) is 88.0 Å². The first-order valence-corrected chi connectivity index (χ1v) is 17.5. The molecule has 2 aromatic rings. The summed E-state index contributed by atoms with van der Waals surface area (Å²) < 4.78 is 0. The van der Waals surface area contributed by atoms with Crippen LogP contribution in [0.2, 0.25) is 0 Å². The van der Waals surface area contributed by atoms with Crippen LogP contribution in [0.15, 0.2) is 60.2 Å². The van der Waals surface area contributed by atoms with Crippen molar-refractivity contribution in [3.8, 4) is 11.8 Å². The monoisotopic (exact) mass is 684 g/mol. The summed E-state index contributed by atoms with van der Waals surface area (Å²) in [4.78, 5) is 3.13. The molecule has 2 rings (SSSR count). The Balaban J connectivity index is 0.00000968. The Kier molecular flexibility index (Phi) is 24.2. The summed E-state index contributed by atoms with van der Waals surface area (Å²) in [6, 6.07) is 17.4. The summed E-state index contributed by atoms with van der Waals surface area (Å²) in [5, 5.41) is 0. The normalized spacial score (nSPS) is 11.0. The molecule has 0 bridgehead atoms. The molecule has 0 radical (unpaired) electrons. The Morgan fingerprint density at radius 3 is 1.75 bits per heavy atom. The second kappa shape index (κ2) is 26.9. The van der Waals surface area contributed by atoms with Gasteiger partial charge in [0, 0.05) is 38.0 Å². The van der Waals surface area contributed by atoms with E-state index in [1.807, 2.05) is 0 Å². The van der Waals surface area contributed by atoms with Crippen molar-refractivity contribution in [2.24, 2.45) is 0 Å². The zero-order valence-corrected chi connectivity index (χ0v) is 29.6. The Bertz CT molecular complexity index is 1200. The molecule has 0 heterocycles. The van der Waals surface area contributed by atoms with Crippen LogP contribution in [0.25, 0.3) is 11.1 Å². The van der Waals surface area contributed by atoms with E-state index in [0.29, 0.717) is 0 Å². The summed E-state index contributed by atoms with van der Waals surface area (Å²) >= 11 is 0. The Hall–Kier alpha value is -2.44. The second-order valence-electron chi connectivity index (χ2n) is 12.2. The van der Waals surface area contributed by atoms with Crippen molar-refractivity contribution >= 4 is 11.4 Å². The fourth-order valence-electron chi connectivity index (χ4n) is 5.68. The van der Waals surface area contributed by atoms with Crippen LogP contribution in [0, 0.1) is 18.8 Å². The molecule has 0 spiro atoms. The van der Waals surface area contributed by atoms with Gasteiger partial charge in [0.25, 0.3) is 0 Å². The van der Waals surface area contributed by atoms with E-state index in [2.05, 4.69) is 91.8 Å². The van der Waals surface area contributed by atoms with Gasteiger partial charge in [-0.3, -0.25) is 0 Å². The van der Waals surface area contributed by atoms with Crippen molar-refractivity contribution in [2.45, 2.75) is 149 Å². The molecule has 0 aliphatic rings. The third-order valence-electron chi connectivity index (χ3n) is 8.28. The molecule has 2 nitrogen and oxygen atoms in total. The number of allylic oxidation sites excluding steroid dienone is 2. The number of benzene rings is 2. The molecule has 0 fully saturated rings. The third-order valence-corrected chi connectivity index (χ3v) is 8.28. The van der Waals surface area contributed by atoms with E-state index in [9.17, 15) is 0 Å². The van der Waals surface area contributed by atoms with Crippen LogP contribution in [0.4, 0.5) is 0 Å². The number of unbranched alkanes of at least 4 members (excludes halogenated alkanes) is 17. The van der Waals surface area contributed by atoms with E-state index >= 15 is 0 Å². The Morgan fingerprint density at radius 2 is 1.23 bits per heavy atom. The van der Waals surface area contributed by atoms with E-state index < -0.39 is 0 Å². The molecule has 3 heteroatoms. The number of hydrogen-bond acceptors (Lipinski definition) is 0. The van der Waals surface area contributed by atoms with Crippen molar-refractivity contribution in [1.82, 2.24) is 0 Å². The molecule has 0 saturated carbocycles. The molecule has 0 unspecified atom stereocenters. The zero-order valence-electron chi connectivity index (χ0n) is 28.0. The van der Waals surface area contributed by atoms with Crippen LogP contribution in [0.5, 0.6) is 0 Å². The molecule has 0 aromatic heterocycles. The van der Waals surface area contributed by atoms with Gasteiger partial charge in [0.1, 0.15) is 0 Å². The van der Waals surface area contributed by atoms with Gasteiger partial charge in [0.15, 0.2) is 0 Å². The summed E-state index contributed by atoms with van der Waals surface area (Å²) in [6.07, 6.45) is 28.1. The minimum absolute atomic E-state index is 0. The van der Waals surface area contributed by atoms with Crippen LogP contribution in [0.1, 0.15) is 158 Å². The summed E-state index contributed by atoms with van der Waals surface area (Å²) in [5.74, 6) is 9.45. The van der Waals surface area contributed by atoms with Crippen molar-refractivity contribution < 1.29 is 25.2 Å². The van der Waals surface area contributed by atoms with Gasteiger partial charge < -0.3 is 5.53 Å². The SMILES string of the molecule is CCCCCCCCCCCCCCCCCCC#CC(C=C=[N+]=[N-])=C(c1ccc(CCCC)cc1)c1cccc(C)c1.[Pd]. The molecule has 0 N–H and O–H groups in total. The third kappa shape index (κ3) is 17.8. The fourth-order valence-corrected chi connectivity index (χ4v) is 5.68. The molecule has 0 aliphatic heterocycles. The van der Waals surface area contributed by atoms with Crippen LogP contribution in [0.3, 0.4) is 0 Å². The van der Waals surface area contributed by atoms with Gasteiger partial charge in [0.2, 0.25) is 0 Å². The van der Waals surface area contributed by atoms with Gasteiger partial charge in [-0.25, -0.2) is 0 Å². The zero-order chi connectivity index (χ0) is 30.8. The first-order valence-electron chi connectivity index (χ1n) is 17.5. The average Bonchev–Trinajstić information content (AvgIpc) is 3.02. The average molecular weight is 685 g/mol. The maximum absolute atomic E-state index is 9.14. The van der Waals surface area contributed by atoms with E-state index in [-0.39, 0.29) is 20.4 Å². The summed E-state index contributed by atoms with van der Waals surface area (Å²) in [6.45, 7) is 6.63. The predicted octanol–water partition coefficient (Wildman–Crippen LogP) is 12.2. The van der Waals surface area contributed by atoms with E-state index in [4.69, 9.17) is 5.53 Å². The van der Waals surface area contributed by atoms with Crippen molar-refractivity contribution in [2.75, 3.05) is 0 Å². The summed E-state index contributed by atoms with van der Waals surface area (Å²) in [5.41, 5.74) is 15.8. The van der Waals surface area contributed by atoms with Crippen LogP contribution in [-0.4, -0.2) is 10.7 Å². The standard InChI is InChI=1S/C41H58N2.Pd/c1-4-6-8-9-10-11-12-13-14-15-16-17-18-19-20-21-22-23-27-38(33-34-43-42)41(40-28-24-25-36(3)35-40)39-31-29-37(30-32-39)26-7-5-2;/h24-25,28-33,35H,4-22,26H2,1-3H3;. The number of aryl methyl sites for hydroxylation is 2. The first-order chi connectivity index (χ1) is 21.2. The molecular formula is C41H58N2Pd. The number of nitrogens with zero attached hydrogens (tertiary/aromatic N) is 2. The first kappa shape index (κ1) is 39.6. The van der Waals surface area contributed by atoms with Gasteiger partial charge >= 0.3 is 5.87 Å². The second-order valence-corrected chi connectivity index (χ2v) is 12.2. The number of hydrogen-bond donors (Lipinski definition) is 0. The van der Waals surface area contributed by atoms with Crippen molar-refractivity contribution in [3.63, 3.8) is 0 Å².